The molecule has 0 N–H and O–H groups in total. The highest BCUT2D eigenvalue weighted by molar-refractivity contribution is 8.14. The van der Waals surface area contributed by atoms with E-state index in [1.165, 1.54) is 12.8 Å². The summed E-state index contributed by atoms with van der Waals surface area (Å²) in [6.07, 6.45) is 4.24. The van der Waals surface area contributed by atoms with E-state index in [0.717, 1.165) is 18.8 Å². The molecule has 0 amide bonds. The van der Waals surface area contributed by atoms with E-state index < -0.39 is 9.05 Å². The van der Waals surface area contributed by atoms with Crippen LogP contribution in [0.3, 0.4) is 0 Å². The van der Waals surface area contributed by atoms with Gasteiger partial charge in [-0.3, -0.25) is 0 Å². The highest BCUT2D eigenvalue weighted by Crippen LogP contribution is 2.49. The predicted octanol–water partition coefficient (Wildman–Crippen LogP) is 1.74. The van der Waals surface area contributed by atoms with E-state index in [9.17, 15) is 8.42 Å². The largest absolute Gasteiger partial charge is 0.235 e. The van der Waals surface area contributed by atoms with Crippen molar-refractivity contribution < 1.29 is 8.42 Å². The maximum absolute atomic E-state index is 10.8. The highest BCUT2D eigenvalue weighted by Gasteiger charge is 2.44. The van der Waals surface area contributed by atoms with Crippen LogP contribution in [0.15, 0.2) is 0 Å². The third-order valence-electron chi connectivity index (χ3n) is 2.82. The summed E-state index contributed by atoms with van der Waals surface area (Å²) >= 11 is 0. The van der Waals surface area contributed by atoms with Crippen molar-refractivity contribution in [3.63, 3.8) is 0 Å². The average molecular weight is 195 g/mol. The first-order chi connectivity index (χ1) is 5.07. The van der Waals surface area contributed by atoms with Gasteiger partial charge in [0.05, 0.1) is 5.25 Å². The van der Waals surface area contributed by atoms with Crippen LogP contribution in [0.1, 0.15) is 25.7 Å². The minimum atomic E-state index is -3.23. The van der Waals surface area contributed by atoms with Crippen LogP contribution >= 0.6 is 10.7 Å². The van der Waals surface area contributed by atoms with Gasteiger partial charge in [-0.05, 0) is 37.5 Å². The Bertz CT molecular complexity index is 250. The van der Waals surface area contributed by atoms with Crippen LogP contribution in [0, 0.1) is 11.8 Å². The number of hydrogen-bond acceptors (Lipinski definition) is 2. The fourth-order valence-corrected chi connectivity index (χ4v) is 3.18. The summed E-state index contributed by atoms with van der Waals surface area (Å²) in [5.74, 6) is 1.51. The van der Waals surface area contributed by atoms with Crippen LogP contribution in [0.25, 0.3) is 0 Å². The fourth-order valence-electron chi connectivity index (χ4n) is 1.79. The van der Waals surface area contributed by atoms with Crippen LogP contribution in [-0.4, -0.2) is 13.7 Å². The minimum Gasteiger partial charge on any atom is -0.212 e. The van der Waals surface area contributed by atoms with Crippen molar-refractivity contribution in [3.05, 3.63) is 0 Å². The SMILES string of the molecule is O=S(=O)(Cl)C1CC(C2CC2)C1. The van der Waals surface area contributed by atoms with Gasteiger partial charge in [0.25, 0.3) is 0 Å². The van der Waals surface area contributed by atoms with Gasteiger partial charge in [0, 0.05) is 10.7 Å². The van der Waals surface area contributed by atoms with Gasteiger partial charge in [-0.25, -0.2) is 8.42 Å². The standard InChI is InChI=1S/C7H11ClO2S/c8-11(9,10)7-3-6(4-7)5-1-2-5/h5-7H,1-4H2. The molecule has 11 heavy (non-hydrogen) atoms. The summed E-state index contributed by atoms with van der Waals surface area (Å²) in [6, 6.07) is 0. The van der Waals surface area contributed by atoms with E-state index in [0.29, 0.717) is 5.92 Å². The first-order valence-electron chi connectivity index (χ1n) is 4.01. The van der Waals surface area contributed by atoms with Crippen molar-refractivity contribution in [2.45, 2.75) is 30.9 Å². The molecular weight excluding hydrogens is 184 g/mol. The van der Waals surface area contributed by atoms with Crippen molar-refractivity contribution in [3.8, 4) is 0 Å². The predicted molar refractivity (Wildman–Crippen MR) is 44.0 cm³/mol. The van der Waals surface area contributed by atoms with Crippen molar-refractivity contribution in [2.75, 3.05) is 0 Å². The Morgan fingerprint density at radius 2 is 1.64 bits per heavy atom. The Kier molecular flexibility index (Phi) is 1.69. The van der Waals surface area contributed by atoms with Crippen LogP contribution in [-0.2, 0) is 9.05 Å². The van der Waals surface area contributed by atoms with Gasteiger partial charge >= 0.3 is 0 Å². The Hall–Kier alpha value is 0.240. The first-order valence-corrected chi connectivity index (χ1v) is 6.38. The maximum Gasteiger partial charge on any atom is 0.235 e. The topological polar surface area (TPSA) is 34.1 Å². The number of hydrogen-bond donors (Lipinski definition) is 0. The van der Waals surface area contributed by atoms with Crippen LogP contribution < -0.4 is 0 Å². The lowest BCUT2D eigenvalue weighted by Gasteiger charge is -2.32. The molecule has 2 fully saturated rings. The van der Waals surface area contributed by atoms with Gasteiger partial charge in [-0.2, -0.15) is 0 Å². The molecule has 4 heteroatoms. The van der Waals surface area contributed by atoms with E-state index in [-0.39, 0.29) is 5.25 Å². The summed E-state index contributed by atoms with van der Waals surface area (Å²) < 4.78 is 21.5. The molecule has 2 nitrogen and oxygen atoms in total. The van der Waals surface area contributed by atoms with Gasteiger partial charge in [0.15, 0.2) is 0 Å². The molecule has 2 saturated carbocycles. The minimum absolute atomic E-state index is 0.227. The molecule has 0 atom stereocenters. The van der Waals surface area contributed by atoms with Crippen molar-refractivity contribution >= 4 is 19.7 Å². The van der Waals surface area contributed by atoms with Gasteiger partial charge in [0.1, 0.15) is 0 Å². The summed E-state index contributed by atoms with van der Waals surface area (Å²) in [6.45, 7) is 0. The quantitative estimate of drug-likeness (QED) is 0.628. The zero-order valence-corrected chi connectivity index (χ0v) is 7.74. The van der Waals surface area contributed by atoms with Crippen molar-refractivity contribution in [1.29, 1.82) is 0 Å². The zero-order valence-electron chi connectivity index (χ0n) is 6.16. The first kappa shape index (κ1) is 7.87. The maximum atomic E-state index is 10.8. The lowest BCUT2D eigenvalue weighted by molar-refractivity contribution is 0.281. The Morgan fingerprint density at radius 3 is 2.00 bits per heavy atom. The van der Waals surface area contributed by atoms with Crippen LogP contribution in [0.2, 0.25) is 0 Å². The molecule has 0 aromatic carbocycles. The molecule has 0 aromatic heterocycles. The molecule has 0 spiro atoms. The molecule has 0 aromatic rings. The fraction of sp³-hybridized carbons (Fsp3) is 1.00. The van der Waals surface area contributed by atoms with E-state index in [4.69, 9.17) is 10.7 Å². The molecule has 0 aliphatic heterocycles. The molecule has 0 radical (unpaired) electrons. The molecular formula is C7H11ClO2S. The third-order valence-corrected chi connectivity index (χ3v) is 4.76. The highest BCUT2D eigenvalue weighted by atomic mass is 35.7. The lowest BCUT2D eigenvalue weighted by atomic mass is 9.81. The molecule has 2 aliphatic rings. The molecule has 2 rings (SSSR count). The molecule has 0 heterocycles. The number of rotatable bonds is 2. The van der Waals surface area contributed by atoms with E-state index >= 15 is 0 Å². The van der Waals surface area contributed by atoms with Gasteiger partial charge in [0.2, 0.25) is 9.05 Å². The third kappa shape index (κ3) is 1.54. The monoisotopic (exact) mass is 194 g/mol. The Labute approximate surface area is 71.3 Å². The second kappa shape index (κ2) is 2.36. The molecule has 0 unspecified atom stereocenters. The van der Waals surface area contributed by atoms with E-state index in [2.05, 4.69) is 0 Å². The molecule has 0 bridgehead atoms. The molecule has 2 aliphatic carbocycles. The van der Waals surface area contributed by atoms with Gasteiger partial charge in [-0.1, -0.05) is 0 Å². The van der Waals surface area contributed by atoms with Gasteiger partial charge < -0.3 is 0 Å². The summed E-state index contributed by atoms with van der Waals surface area (Å²) in [4.78, 5) is 0. The summed E-state index contributed by atoms with van der Waals surface area (Å²) in [5.41, 5.74) is 0. The lowest BCUT2D eigenvalue weighted by Crippen LogP contribution is -2.34. The van der Waals surface area contributed by atoms with E-state index in [1.807, 2.05) is 0 Å². The Morgan fingerprint density at radius 1 is 1.09 bits per heavy atom. The Balaban J connectivity index is 1.87. The second-order valence-electron chi connectivity index (χ2n) is 3.67. The summed E-state index contributed by atoms with van der Waals surface area (Å²) in [7, 11) is 1.97. The average Bonchev–Trinajstić information content (AvgIpc) is 2.38. The van der Waals surface area contributed by atoms with Gasteiger partial charge in [-0.15, -0.1) is 0 Å². The summed E-state index contributed by atoms with van der Waals surface area (Å²) in [5, 5.41) is -0.227. The number of halogens is 1. The van der Waals surface area contributed by atoms with E-state index in [1.54, 1.807) is 0 Å². The smallest absolute Gasteiger partial charge is 0.212 e. The molecule has 0 saturated heterocycles. The normalized spacial score (nSPS) is 38.3. The second-order valence-corrected chi connectivity index (χ2v) is 6.57. The molecule has 64 valence electrons. The van der Waals surface area contributed by atoms with Crippen molar-refractivity contribution in [2.24, 2.45) is 11.8 Å². The van der Waals surface area contributed by atoms with Crippen molar-refractivity contribution in [1.82, 2.24) is 0 Å². The zero-order chi connectivity index (χ0) is 8.06. The van der Waals surface area contributed by atoms with Crippen LogP contribution in [0.4, 0.5) is 0 Å². The van der Waals surface area contributed by atoms with Crippen LogP contribution in [0.5, 0.6) is 0 Å².